The van der Waals surface area contributed by atoms with E-state index in [1.54, 1.807) is 12.1 Å². The lowest BCUT2D eigenvalue weighted by Gasteiger charge is -2.32. The second kappa shape index (κ2) is 9.00. The van der Waals surface area contributed by atoms with Crippen LogP contribution in [0, 0.1) is 0 Å². The average Bonchev–Trinajstić information content (AvgIpc) is 3.16. The van der Waals surface area contributed by atoms with E-state index in [9.17, 15) is 4.79 Å². The molecule has 26 heavy (non-hydrogen) atoms. The molecule has 1 aromatic carbocycles. The third kappa shape index (κ3) is 4.74. The van der Waals surface area contributed by atoms with Crippen molar-refractivity contribution in [1.82, 2.24) is 15.1 Å². The van der Waals surface area contributed by atoms with Crippen LogP contribution in [-0.2, 0) is 11.3 Å². The molecular weight excluding hydrogens is 330 g/mol. The van der Waals surface area contributed by atoms with Gasteiger partial charge in [0.05, 0.1) is 19.8 Å². The fourth-order valence-electron chi connectivity index (χ4n) is 3.54. The second-order valence-electron chi connectivity index (χ2n) is 6.77. The van der Waals surface area contributed by atoms with Crippen molar-refractivity contribution in [3.63, 3.8) is 0 Å². The number of ether oxygens (including phenoxy) is 1. The molecule has 2 fully saturated rings. The van der Waals surface area contributed by atoms with Crippen LogP contribution in [0.1, 0.15) is 29.3 Å². The number of morpholine rings is 1. The van der Waals surface area contributed by atoms with Crippen LogP contribution in [0.5, 0.6) is 0 Å². The molecule has 1 unspecified atom stereocenters. The maximum Gasteiger partial charge on any atom is 0.248 e. The third-order valence-corrected chi connectivity index (χ3v) is 5.01. The van der Waals surface area contributed by atoms with E-state index < -0.39 is 5.91 Å². The zero-order chi connectivity index (χ0) is 18.4. The Bertz CT molecular complexity index is 625. The van der Waals surface area contributed by atoms with Crippen LogP contribution in [0.25, 0.3) is 0 Å². The molecular formula is C19H29N5O2. The van der Waals surface area contributed by atoms with Gasteiger partial charge in [0.1, 0.15) is 0 Å². The molecule has 0 bridgehead atoms. The van der Waals surface area contributed by atoms with Crippen LogP contribution in [0.15, 0.2) is 29.3 Å². The van der Waals surface area contributed by atoms with Gasteiger partial charge in [0.15, 0.2) is 5.96 Å². The van der Waals surface area contributed by atoms with Crippen molar-refractivity contribution in [1.29, 1.82) is 0 Å². The van der Waals surface area contributed by atoms with Gasteiger partial charge in [-0.25, -0.2) is 4.99 Å². The van der Waals surface area contributed by atoms with Crippen molar-refractivity contribution < 1.29 is 9.53 Å². The lowest BCUT2D eigenvalue weighted by atomic mass is 10.1. The molecule has 2 aliphatic rings. The lowest BCUT2D eigenvalue weighted by Crippen LogP contribution is -2.46. The van der Waals surface area contributed by atoms with E-state index >= 15 is 0 Å². The molecule has 0 aliphatic carbocycles. The number of carbonyl (C=O) groups is 1. The first-order valence-electron chi connectivity index (χ1n) is 9.41. The largest absolute Gasteiger partial charge is 0.379 e. The summed E-state index contributed by atoms with van der Waals surface area (Å²) in [5.74, 6) is 0.557. The smallest absolute Gasteiger partial charge is 0.248 e. The molecule has 0 saturated carbocycles. The molecule has 2 saturated heterocycles. The van der Waals surface area contributed by atoms with Crippen LogP contribution < -0.4 is 11.1 Å². The van der Waals surface area contributed by atoms with Crippen LogP contribution in [-0.4, -0.2) is 73.6 Å². The average molecular weight is 359 g/mol. The highest BCUT2D eigenvalue weighted by Crippen LogP contribution is 2.17. The number of hydrogen-bond donors (Lipinski definition) is 2. The molecule has 3 N–H and O–H groups in total. The van der Waals surface area contributed by atoms with Crippen molar-refractivity contribution >= 4 is 11.9 Å². The molecule has 0 radical (unpaired) electrons. The first kappa shape index (κ1) is 18.7. The summed E-state index contributed by atoms with van der Waals surface area (Å²) in [5.41, 5.74) is 6.88. The number of hydrogen-bond acceptors (Lipinski definition) is 4. The number of likely N-dealkylation sites (tertiary alicyclic amines) is 1. The summed E-state index contributed by atoms with van der Waals surface area (Å²) in [6, 6.07) is 7.91. The Kier molecular flexibility index (Phi) is 6.46. The zero-order valence-corrected chi connectivity index (χ0v) is 15.5. The molecule has 0 aromatic heterocycles. The highest BCUT2D eigenvalue weighted by Gasteiger charge is 2.30. The minimum Gasteiger partial charge on any atom is -0.379 e. The van der Waals surface area contributed by atoms with Gasteiger partial charge in [-0.2, -0.15) is 0 Å². The number of nitrogens with zero attached hydrogens (tertiary/aromatic N) is 3. The van der Waals surface area contributed by atoms with Gasteiger partial charge in [-0.05, 0) is 31.0 Å². The number of rotatable bonds is 5. The van der Waals surface area contributed by atoms with Gasteiger partial charge in [0.2, 0.25) is 5.91 Å². The molecule has 2 heterocycles. The van der Waals surface area contributed by atoms with Crippen molar-refractivity contribution in [2.45, 2.75) is 25.9 Å². The number of nitrogens with one attached hydrogen (secondary N) is 1. The summed E-state index contributed by atoms with van der Waals surface area (Å²) in [5, 5.41) is 3.41. The van der Waals surface area contributed by atoms with Crippen LogP contribution in [0.4, 0.5) is 0 Å². The summed E-state index contributed by atoms with van der Waals surface area (Å²) < 4.78 is 5.46. The Hall–Kier alpha value is -2.12. The molecule has 0 spiro atoms. The molecule has 7 heteroatoms. The van der Waals surface area contributed by atoms with Gasteiger partial charge in [-0.1, -0.05) is 12.1 Å². The minimum atomic E-state index is -0.403. The molecule has 1 atom stereocenters. The summed E-state index contributed by atoms with van der Waals surface area (Å²) in [6.07, 6.45) is 1.16. The van der Waals surface area contributed by atoms with Crippen LogP contribution >= 0.6 is 0 Å². The number of carbonyl (C=O) groups excluding carboxylic acids is 1. The molecule has 142 valence electrons. The maximum atomic E-state index is 11.2. The Morgan fingerprint density at radius 2 is 2.00 bits per heavy atom. The topological polar surface area (TPSA) is 83.2 Å². The van der Waals surface area contributed by atoms with E-state index in [-0.39, 0.29) is 0 Å². The predicted molar refractivity (Wildman–Crippen MR) is 102 cm³/mol. The third-order valence-electron chi connectivity index (χ3n) is 5.01. The highest BCUT2D eigenvalue weighted by molar-refractivity contribution is 5.92. The summed E-state index contributed by atoms with van der Waals surface area (Å²) in [4.78, 5) is 20.8. The quantitative estimate of drug-likeness (QED) is 0.596. The Balaban J connectivity index is 1.61. The number of guanidine groups is 1. The first-order valence-corrected chi connectivity index (χ1v) is 9.41. The maximum absolute atomic E-state index is 11.2. The predicted octanol–water partition coefficient (Wildman–Crippen LogP) is 0.658. The van der Waals surface area contributed by atoms with Crippen molar-refractivity contribution in [3.05, 3.63) is 35.4 Å². The van der Waals surface area contributed by atoms with Gasteiger partial charge >= 0.3 is 0 Å². The normalized spacial score (nSPS) is 21.8. The van der Waals surface area contributed by atoms with Crippen molar-refractivity contribution in [2.24, 2.45) is 10.7 Å². The van der Waals surface area contributed by atoms with E-state index in [2.05, 4.69) is 22.0 Å². The second-order valence-corrected chi connectivity index (χ2v) is 6.77. The van der Waals surface area contributed by atoms with E-state index in [4.69, 9.17) is 15.5 Å². The van der Waals surface area contributed by atoms with E-state index in [0.29, 0.717) is 18.2 Å². The van der Waals surface area contributed by atoms with Gasteiger partial charge in [0.25, 0.3) is 0 Å². The molecule has 3 rings (SSSR count). The molecule has 1 amide bonds. The Morgan fingerprint density at radius 1 is 1.27 bits per heavy atom. The number of nitrogens with two attached hydrogens (primary N) is 1. The van der Waals surface area contributed by atoms with Gasteiger partial charge in [-0.3, -0.25) is 9.69 Å². The van der Waals surface area contributed by atoms with Crippen LogP contribution in [0.2, 0.25) is 0 Å². The van der Waals surface area contributed by atoms with Crippen LogP contribution in [0.3, 0.4) is 0 Å². The lowest BCUT2D eigenvalue weighted by molar-refractivity contribution is 0.0195. The summed E-state index contributed by atoms with van der Waals surface area (Å²) >= 11 is 0. The summed E-state index contributed by atoms with van der Waals surface area (Å²) in [6.45, 7) is 9.28. The van der Waals surface area contributed by atoms with Gasteiger partial charge < -0.3 is 20.7 Å². The van der Waals surface area contributed by atoms with E-state index in [0.717, 1.165) is 63.9 Å². The number of aliphatic imine (C=N–C) groups is 1. The fourth-order valence-corrected chi connectivity index (χ4v) is 3.54. The minimum absolute atomic E-state index is 0.403. The molecule has 1 aromatic rings. The monoisotopic (exact) mass is 359 g/mol. The standard InChI is InChI=1S/C19H29N5O2/c1-2-21-19(22-13-15-3-5-16(6-4-15)18(20)25)24-8-7-17(14-24)23-9-11-26-12-10-23/h3-6,17H,2,7-14H2,1H3,(H2,20,25)(H,21,22). The van der Waals surface area contributed by atoms with E-state index in [1.807, 2.05) is 12.1 Å². The summed E-state index contributed by atoms with van der Waals surface area (Å²) in [7, 11) is 0. The van der Waals surface area contributed by atoms with Crippen molar-refractivity contribution in [2.75, 3.05) is 45.9 Å². The number of amides is 1. The molecule has 7 nitrogen and oxygen atoms in total. The zero-order valence-electron chi connectivity index (χ0n) is 15.5. The highest BCUT2D eigenvalue weighted by atomic mass is 16.5. The van der Waals surface area contributed by atoms with E-state index in [1.165, 1.54) is 0 Å². The number of benzene rings is 1. The van der Waals surface area contributed by atoms with Crippen molar-refractivity contribution in [3.8, 4) is 0 Å². The SMILES string of the molecule is CCNC(=NCc1ccc(C(N)=O)cc1)N1CCC(N2CCOCC2)C1. The molecule has 2 aliphatic heterocycles. The fraction of sp³-hybridized carbons (Fsp3) is 0.579. The van der Waals surface area contributed by atoms with Gasteiger partial charge in [-0.15, -0.1) is 0 Å². The first-order chi connectivity index (χ1) is 12.7. The Morgan fingerprint density at radius 3 is 2.65 bits per heavy atom. The Labute approximate surface area is 155 Å². The number of primary amides is 1. The van der Waals surface area contributed by atoms with Gasteiger partial charge in [0, 0.05) is 44.3 Å².